The van der Waals surface area contributed by atoms with Crippen molar-refractivity contribution in [1.82, 2.24) is 9.97 Å². The summed E-state index contributed by atoms with van der Waals surface area (Å²) in [5.74, 6) is 1.69. The SMILES string of the molecule is CCCC1CCC(N)C(c2nccnc2OC)C1. The number of ether oxygens (including phenoxy) is 1. The van der Waals surface area contributed by atoms with Gasteiger partial charge < -0.3 is 10.5 Å². The molecule has 1 aliphatic carbocycles. The van der Waals surface area contributed by atoms with Crippen molar-refractivity contribution >= 4 is 0 Å². The maximum absolute atomic E-state index is 6.27. The second kappa shape index (κ2) is 6.14. The van der Waals surface area contributed by atoms with E-state index in [4.69, 9.17) is 10.5 Å². The zero-order valence-corrected chi connectivity index (χ0v) is 11.3. The second-order valence-corrected chi connectivity index (χ2v) is 5.19. The standard InChI is InChI=1S/C14H23N3O/c1-3-4-10-5-6-12(15)11(9-10)13-14(18-2)17-8-7-16-13/h7-8,10-12H,3-6,9,15H2,1-2H3. The van der Waals surface area contributed by atoms with Crippen molar-refractivity contribution in [2.24, 2.45) is 11.7 Å². The van der Waals surface area contributed by atoms with Crippen LogP contribution < -0.4 is 10.5 Å². The van der Waals surface area contributed by atoms with E-state index < -0.39 is 0 Å². The quantitative estimate of drug-likeness (QED) is 0.890. The van der Waals surface area contributed by atoms with Gasteiger partial charge in [-0.05, 0) is 25.2 Å². The van der Waals surface area contributed by atoms with Gasteiger partial charge in [0.1, 0.15) is 5.69 Å². The van der Waals surface area contributed by atoms with Crippen LogP contribution in [0.25, 0.3) is 0 Å². The average Bonchev–Trinajstić information content (AvgIpc) is 2.41. The predicted octanol–water partition coefficient (Wildman–Crippen LogP) is 2.50. The van der Waals surface area contributed by atoms with E-state index in [-0.39, 0.29) is 6.04 Å². The third-order valence-corrected chi connectivity index (χ3v) is 3.95. The first kappa shape index (κ1) is 13.3. The smallest absolute Gasteiger partial charge is 0.235 e. The van der Waals surface area contributed by atoms with E-state index >= 15 is 0 Å². The molecule has 4 nitrogen and oxygen atoms in total. The Labute approximate surface area is 109 Å². The Morgan fingerprint density at radius 2 is 2.11 bits per heavy atom. The second-order valence-electron chi connectivity index (χ2n) is 5.19. The highest BCUT2D eigenvalue weighted by atomic mass is 16.5. The Balaban J connectivity index is 2.18. The van der Waals surface area contributed by atoms with Crippen molar-refractivity contribution < 1.29 is 4.74 Å². The zero-order chi connectivity index (χ0) is 13.0. The van der Waals surface area contributed by atoms with Gasteiger partial charge in [0.2, 0.25) is 5.88 Å². The lowest BCUT2D eigenvalue weighted by Crippen LogP contribution is -2.35. The van der Waals surface area contributed by atoms with Crippen LogP contribution in [0, 0.1) is 5.92 Å². The first-order chi connectivity index (χ1) is 8.76. The Hall–Kier alpha value is -1.16. The number of nitrogens with zero attached hydrogens (tertiary/aromatic N) is 2. The van der Waals surface area contributed by atoms with Gasteiger partial charge in [0.15, 0.2) is 0 Å². The van der Waals surface area contributed by atoms with Crippen LogP contribution in [0.5, 0.6) is 5.88 Å². The molecule has 0 bridgehead atoms. The van der Waals surface area contributed by atoms with E-state index in [9.17, 15) is 0 Å². The van der Waals surface area contributed by atoms with Crippen molar-refractivity contribution in [3.8, 4) is 5.88 Å². The molecule has 4 heteroatoms. The molecule has 1 saturated carbocycles. The summed E-state index contributed by atoms with van der Waals surface area (Å²) < 4.78 is 5.31. The molecule has 2 N–H and O–H groups in total. The number of hydrogen-bond donors (Lipinski definition) is 1. The summed E-state index contributed by atoms with van der Waals surface area (Å²) in [6.45, 7) is 2.24. The zero-order valence-electron chi connectivity index (χ0n) is 11.3. The lowest BCUT2D eigenvalue weighted by Gasteiger charge is -2.33. The van der Waals surface area contributed by atoms with Gasteiger partial charge in [-0.3, -0.25) is 4.98 Å². The summed E-state index contributed by atoms with van der Waals surface area (Å²) in [4.78, 5) is 8.69. The molecule has 18 heavy (non-hydrogen) atoms. The van der Waals surface area contributed by atoms with Crippen LogP contribution in [0.3, 0.4) is 0 Å². The molecule has 0 amide bonds. The predicted molar refractivity (Wildman–Crippen MR) is 71.5 cm³/mol. The van der Waals surface area contributed by atoms with Crippen LogP contribution in [-0.4, -0.2) is 23.1 Å². The first-order valence-corrected chi connectivity index (χ1v) is 6.86. The van der Waals surface area contributed by atoms with Crippen molar-refractivity contribution in [3.63, 3.8) is 0 Å². The van der Waals surface area contributed by atoms with E-state index in [2.05, 4.69) is 16.9 Å². The van der Waals surface area contributed by atoms with Crippen LogP contribution in [0.15, 0.2) is 12.4 Å². The van der Waals surface area contributed by atoms with E-state index in [1.165, 1.54) is 19.3 Å². The Kier molecular flexibility index (Phi) is 4.53. The Bertz CT molecular complexity index is 383. The van der Waals surface area contributed by atoms with Crippen LogP contribution in [0.4, 0.5) is 0 Å². The van der Waals surface area contributed by atoms with Crippen LogP contribution >= 0.6 is 0 Å². The molecule has 1 aliphatic rings. The largest absolute Gasteiger partial charge is 0.480 e. The van der Waals surface area contributed by atoms with Gasteiger partial charge >= 0.3 is 0 Å². The first-order valence-electron chi connectivity index (χ1n) is 6.86. The van der Waals surface area contributed by atoms with Crippen molar-refractivity contribution in [2.45, 2.75) is 51.0 Å². The molecular formula is C14H23N3O. The molecule has 100 valence electrons. The third-order valence-electron chi connectivity index (χ3n) is 3.95. The summed E-state index contributed by atoms with van der Waals surface area (Å²) in [5, 5.41) is 0. The molecule has 1 heterocycles. The lowest BCUT2D eigenvalue weighted by molar-refractivity contribution is 0.264. The molecule has 0 saturated heterocycles. The normalized spacial score (nSPS) is 28.1. The fourth-order valence-corrected chi connectivity index (χ4v) is 3.01. The summed E-state index contributed by atoms with van der Waals surface area (Å²) in [7, 11) is 1.64. The molecule has 3 unspecified atom stereocenters. The fraction of sp³-hybridized carbons (Fsp3) is 0.714. The summed E-state index contributed by atoms with van der Waals surface area (Å²) in [5.41, 5.74) is 7.21. The molecule has 1 fully saturated rings. The van der Waals surface area contributed by atoms with Gasteiger partial charge in [-0.1, -0.05) is 19.8 Å². The number of nitrogens with two attached hydrogens (primary N) is 1. The van der Waals surface area contributed by atoms with E-state index in [1.807, 2.05) is 0 Å². The Morgan fingerprint density at radius 1 is 1.33 bits per heavy atom. The molecule has 1 aromatic rings. The topological polar surface area (TPSA) is 61.0 Å². The highest BCUT2D eigenvalue weighted by Crippen LogP contribution is 2.38. The monoisotopic (exact) mass is 249 g/mol. The van der Waals surface area contributed by atoms with Crippen molar-refractivity contribution in [3.05, 3.63) is 18.1 Å². The molecule has 0 radical (unpaired) electrons. The van der Waals surface area contributed by atoms with E-state index in [1.54, 1.807) is 19.5 Å². The number of rotatable bonds is 4. The van der Waals surface area contributed by atoms with E-state index in [0.29, 0.717) is 11.8 Å². The lowest BCUT2D eigenvalue weighted by atomic mass is 9.75. The summed E-state index contributed by atoms with van der Waals surface area (Å²) in [6, 6.07) is 0.184. The van der Waals surface area contributed by atoms with Crippen LogP contribution in [0.2, 0.25) is 0 Å². The van der Waals surface area contributed by atoms with Gasteiger partial charge in [-0.2, -0.15) is 0 Å². The maximum Gasteiger partial charge on any atom is 0.235 e. The van der Waals surface area contributed by atoms with Crippen molar-refractivity contribution in [1.29, 1.82) is 0 Å². The molecule has 0 aliphatic heterocycles. The number of hydrogen-bond acceptors (Lipinski definition) is 4. The molecular weight excluding hydrogens is 226 g/mol. The summed E-state index contributed by atoms with van der Waals surface area (Å²) >= 11 is 0. The molecule has 3 atom stereocenters. The van der Waals surface area contributed by atoms with Gasteiger partial charge in [0.05, 0.1) is 7.11 Å². The van der Waals surface area contributed by atoms with Crippen LogP contribution in [-0.2, 0) is 0 Å². The maximum atomic E-state index is 6.27. The molecule has 0 aromatic carbocycles. The number of aromatic nitrogens is 2. The average molecular weight is 249 g/mol. The highest BCUT2D eigenvalue weighted by Gasteiger charge is 2.32. The van der Waals surface area contributed by atoms with Crippen LogP contribution in [0.1, 0.15) is 50.6 Å². The minimum Gasteiger partial charge on any atom is -0.480 e. The third kappa shape index (κ3) is 2.80. The van der Waals surface area contributed by atoms with E-state index in [0.717, 1.165) is 24.5 Å². The molecule has 0 spiro atoms. The minimum absolute atomic E-state index is 0.184. The van der Waals surface area contributed by atoms with Gasteiger partial charge in [0.25, 0.3) is 0 Å². The van der Waals surface area contributed by atoms with Gasteiger partial charge in [-0.25, -0.2) is 4.98 Å². The van der Waals surface area contributed by atoms with Crippen molar-refractivity contribution in [2.75, 3.05) is 7.11 Å². The highest BCUT2D eigenvalue weighted by molar-refractivity contribution is 5.24. The Morgan fingerprint density at radius 3 is 2.83 bits per heavy atom. The molecule has 1 aromatic heterocycles. The van der Waals surface area contributed by atoms with Gasteiger partial charge in [-0.15, -0.1) is 0 Å². The fourth-order valence-electron chi connectivity index (χ4n) is 3.01. The van der Waals surface area contributed by atoms with Gasteiger partial charge in [0, 0.05) is 24.4 Å². The number of methoxy groups -OCH3 is 1. The minimum atomic E-state index is 0.184. The summed E-state index contributed by atoms with van der Waals surface area (Å²) in [6.07, 6.45) is 9.36. The molecule has 2 rings (SSSR count).